The van der Waals surface area contributed by atoms with Crippen LogP contribution < -0.4 is 4.74 Å². The summed E-state index contributed by atoms with van der Waals surface area (Å²) in [6.45, 7) is 0.687. The van der Waals surface area contributed by atoms with Crippen molar-refractivity contribution in [2.24, 2.45) is 0 Å². The van der Waals surface area contributed by atoms with E-state index < -0.39 is 17.9 Å². The number of hydrogen-bond donors (Lipinski definition) is 0. The summed E-state index contributed by atoms with van der Waals surface area (Å²) in [5.74, 6) is -0.435. The summed E-state index contributed by atoms with van der Waals surface area (Å²) < 4.78 is 9.92. The second kappa shape index (κ2) is 3.33. The molecule has 0 saturated carbocycles. The van der Waals surface area contributed by atoms with Gasteiger partial charge in [0.2, 0.25) is 0 Å². The van der Waals surface area contributed by atoms with Crippen LogP contribution in [0.2, 0.25) is 0 Å². The average Bonchev–Trinajstić information content (AvgIpc) is 2.83. The first-order chi connectivity index (χ1) is 7.74. The average molecular weight is 218 g/mol. The van der Waals surface area contributed by atoms with Crippen molar-refractivity contribution in [2.45, 2.75) is 18.8 Å². The Morgan fingerprint density at radius 3 is 2.88 bits per heavy atom. The van der Waals surface area contributed by atoms with Gasteiger partial charge in [0, 0.05) is 6.42 Å². The highest BCUT2D eigenvalue weighted by atomic mass is 16.6. The van der Waals surface area contributed by atoms with Gasteiger partial charge in [-0.15, -0.1) is 0 Å². The molecule has 0 amide bonds. The van der Waals surface area contributed by atoms with Crippen molar-refractivity contribution >= 4 is 11.9 Å². The van der Waals surface area contributed by atoms with E-state index in [2.05, 4.69) is 4.74 Å². The Hall–Kier alpha value is -1.84. The van der Waals surface area contributed by atoms with E-state index in [1.54, 1.807) is 0 Å². The van der Waals surface area contributed by atoms with Gasteiger partial charge in [0.15, 0.2) is 0 Å². The summed E-state index contributed by atoms with van der Waals surface area (Å²) in [5.41, 5.74) is 1.95. The first-order valence-electron chi connectivity index (χ1n) is 5.24. The highest BCUT2D eigenvalue weighted by molar-refractivity contribution is 5.97. The maximum absolute atomic E-state index is 11.4. The van der Waals surface area contributed by atoms with Crippen LogP contribution in [-0.2, 0) is 20.7 Å². The van der Waals surface area contributed by atoms with Crippen LogP contribution in [-0.4, -0.2) is 18.5 Å². The van der Waals surface area contributed by atoms with E-state index in [1.165, 1.54) is 0 Å². The third kappa shape index (κ3) is 1.38. The van der Waals surface area contributed by atoms with E-state index in [-0.39, 0.29) is 6.42 Å². The molecule has 1 atom stereocenters. The zero-order chi connectivity index (χ0) is 11.1. The molecule has 1 saturated heterocycles. The van der Waals surface area contributed by atoms with E-state index in [0.717, 1.165) is 23.3 Å². The topological polar surface area (TPSA) is 52.6 Å². The van der Waals surface area contributed by atoms with E-state index in [9.17, 15) is 9.59 Å². The number of cyclic esters (lactones) is 2. The normalized spacial score (nSPS) is 22.9. The van der Waals surface area contributed by atoms with Crippen LogP contribution in [0.4, 0.5) is 0 Å². The quantitative estimate of drug-likeness (QED) is 0.524. The predicted octanol–water partition coefficient (Wildman–Crippen LogP) is 1.18. The second-order valence-electron chi connectivity index (χ2n) is 4.02. The maximum Gasteiger partial charge on any atom is 0.321 e. The van der Waals surface area contributed by atoms with E-state index in [0.29, 0.717) is 6.61 Å². The molecule has 3 rings (SSSR count). The van der Waals surface area contributed by atoms with Crippen LogP contribution in [0, 0.1) is 0 Å². The molecule has 2 aliphatic heterocycles. The Bertz CT molecular complexity index is 478. The maximum atomic E-state index is 11.4. The molecule has 4 nitrogen and oxygen atoms in total. The summed E-state index contributed by atoms with van der Waals surface area (Å²) in [5, 5.41) is 0. The lowest BCUT2D eigenvalue weighted by molar-refractivity contribution is -0.152. The van der Waals surface area contributed by atoms with E-state index >= 15 is 0 Å². The minimum atomic E-state index is -0.441. The molecule has 82 valence electrons. The van der Waals surface area contributed by atoms with Gasteiger partial charge in [-0.25, -0.2) is 0 Å². The molecule has 0 spiro atoms. The summed E-state index contributed by atoms with van der Waals surface area (Å²) in [4.78, 5) is 22.4. The number of fused-ring (bicyclic) bond motifs is 1. The summed E-state index contributed by atoms with van der Waals surface area (Å²) >= 11 is 0. The SMILES string of the molecule is O=C1CC(c2ccc3c(c2)CCO3)C(=O)O1. The molecule has 1 aromatic rings. The van der Waals surface area contributed by atoms with Gasteiger partial charge in [-0.1, -0.05) is 12.1 Å². The number of carbonyl (C=O) groups excluding carboxylic acids is 2. The molecule has 0 aliphatic carbocycles. The molecule has 0 N–H and O–H groups in total. The van der Waals surface area contributed by atoms with Gasteiger partial charge in [-0.05, 0) is 17.2 Å². The number of ether oxygens (including phenoxy) is 2. The monoisotopic (exact) mass is 218 g/mol. The lowest BCUT2D eigenvalue weighted by Gasteiger charge is -2.06. The minimum Gasteiger partial charge on any atom is -0.493 e. The molecule has 0 bridgehead atoms. The van der Waals surface area contributed by atoms with Crippen LogP contribution in [0.1, 0.15) is 23.5 Å². The van der Waals surface area contributed by atoms with Gasteiger partial charge in [0.1, 0.15) is 5.75 Å². The Labute approximate surface area is 92.2 Å². The number of benzene rings is 1. The second-order valence-corrected chi connectivity index (χ2v) is 4.02. The molecule has 2 heterocycles. The highest BCUT2D eigenvalue weighted by Gasteiger charge is 2.35. The standard InChI is InChI=1S/C12H10O4/c13-11-6-9(12(14)16-11)7-1-2-10-8(5-7)3-4-15-10/h1-2,5,9H,3-4,6H2. The molecule has 1 unspecified atom stereocenters. The summed E-state index contributed by atoms with van der Waals surface area (Å²) in [6, 6.07) is 5.62. The molecule has 1 fully saturated rings. The van der Waals surface area contributed by atoms with Crippen molar-refractivity contribution in [3.63, 3.8) is 0 Å². The zero-order valence-electron chi connectivity index (χ0n) is 8.56. The molecular formula is C12H10O4. The number of carbonyl (C=O) groups is 2. The van der Waals surface area contributed by atoms with Crippen LogP contribution in [0.25, 0.3) is 0 Å². The van der Waals surface area contributed by atoms with Gasteiger partial charge in [0.25, 0.3) is 0 Å². The van der Waals surface area contributed by atoms with Crippen molar-refractivity contribution in [2.75, 3.05) is 6.61 Å². The Morgan fingerprint density at radius 2 is 2.12 bits per heavy atom. The fourth-order valence-corrected chi connectivity index (χ4v) is 2.15. The van der Waals surface area contributed by atoms with Gasteiger partial charge in [-0.3, -0.25) is 9.59 Å². The van der Waals surface area contributed by atoms with Crippen LogP contribution in [0.5, 0.6) is 5.75 Å². The molecule has 4 heteroatoms. The molecule has 0 radical (unpaired) electrons. The number of rotatable bonds is 1. The fraction of sp³-hybridized carbons (Fsp3) is 0.333. The smallest absolute Gasteiger partial charge is 0.321 e. The highest BCUT2D eigenvalue weighted by Crippen LogP contribution is 2.32. The molecule has 1 aromatic carbocycles. The minimum absolute atomic E-state index is 0.151. The van der Waals surface area contributed by atoms with Crippen molar-refractivity contribution in [1.29, 1.82) is 0 Å². The molecule has 16 heavy (non-hydrogen) atoms. The van der Waals surface area contributed by atoms with Crippen molar-refractivity contribution in [3.05, 3.63) is 29.3 Å². The Morgan fingerprint density at radius 1 is 1.25 bits per heavy atom. The van der Waals surface area contributed by atoms with Gasteiger partial charge >= 0.3 is 11.9 Å². The van der Waals surface area contributed by atoms with Gasteiger partial charge < -0.3 is 9.47 Å². The van der Waals surface area contributed by atoms with Gasteiger partial charge in [0.05, 0.1) is 18.9 Å². The van der Waals surface area contributed by atoms with Crippen LogP contribution in [0.15, 0.2) is 18.2 Å². The third-order valence-corrected chi connectivity index (χ3v) is 2.99. The summed E-state index contributed by atoms with van der Waals surface area (Å²) in [7, 11) is 0. The molecule has 2 aliphatic rings. The first kappa shape index (κ1) is 9.39. The largest absolute Gasteiger partial charge is 0.493 e. The summed E-state index contributed by atoms with van der Waals surface area (Å²) in [6.07, 6.45) is 1.01. The fourth-order valence-electron chi connectivity index (χ4n) is 2.15. The van der Waals surface area contributed by atoms with Crippen molar-refractivity contribution < 1.29 is 19.1 Å². The van der Waals surface area contributed by atoms with Gasteiger partial charge in [-0.2, -0.15) is 0 Å². The zero-order valence-corrected chi connectivity index (χ0v) is 8.56. The Balaban J connectivity index is 1.95. The number of esters is 2. The molecule has 0 aromatic heterocycles. The Kier molecular flexibility index (Phi) is 1.96. The first-order valence-corrected chi connectivity index (χ1v) is 5.24. The van der Waals surface area contributed by atoms with Crippen LogP contribution >= 0.6 is 0 Å². The van der Waals surface area contributed by atoms with Crippen molar-refractivity contribution in [3.8, 4) is 5.75 Å². The predicted molar refractivity (Wildman–Crippen MR) is 54.1 cm³/mol. The van der Waals surface area contributed by atoms with E-state index in [1.807, 2.05) is 18.2 Å². The van der Waals surface area contributed by atoms with Crippen LogP contribution in [0.3, 0.4) is 0 Å². The van der Waals surface area contributed by atoms with Crippen molar-refractivity contribution in [1.82, 2.24) is 0 Å². The molecular weight excluding hydrogens is 208 g/mol. The lowest BCUT2D eigenvalue weighted by Crippen LogP contribution is -2.05. The van der Waals surface area contributed by atoms with E-state index in [4.69, 9.17) is 4.74 Å². The lowest BCUT2D eigenvalue weighted by atomic mass is 9.95. The number of hydrogen-bond acceptors (Lipinski definition) is 4. The third-order valence-electron chi connectivity index (χ3n) is 2.99.